The number of rotatable bonds is 5. The van der Waals surface area contributed by atoms with Crippen LogP contribution >= 0.6 is 23.1 Å². The molecule has 28 heavy (non-hydrogen) atoms. The van der Waals surface area contributed by atoms with E-state index in [4.69, 9.17) is 0 Å². The number of para-hydroxylation sites is 1. The number of aryl methyl sites for hydroxylation is 1. The van der Waals surface area contributed by atoms with Gasteiger partial charge in [-0.15, -0.1) is 0 Å². The molecule has 1 aliphatic heterocycles. The lowest BCUT2D eigenvalue weighted by molar-refractivity contribution is 0.102. The van der Waals surface area contributed by atoms with E-state index in [2.05, 4.69) is 69.8 Å². The molecule has 0 amide bonds. The summed E-state index contributed by atoms with van der Waals surface area (Å²) in [5.74, 6) is 0.0273. The molecule has 0 saturated heterocycles. The van der Waals surface area contributed by atoms with Gasteiger partial charge < -0.3 is 4.90 Å². The molecule has 0 unspecified atom stereocenters. The van der Waals surface area contributed by atoms with Crippen molar-refractivity contribution in [1.29, 1.82) is 0 Å². The SMILES string of the molecule is CCN1c2ccccc2Sc2cc(/C=N/Nc3nc(C)c(C(C)=O)s3)ccc21. The third kappa shape index (κ3) is 3.55. The largest absolute Gasteiger partial charge is 0.340 e. The van der Waals surface area contributed by atoms with Gasteiger partial charge in [0.25, 0.3) is 0 Å². The number of thiazole rings is 1. The maximum Gasteiger partial charge on any atom is 0.204 e. The Kier molecular flexibility index (Phi) is 5.19. The van der Waals surface area contributed by atoms with Crippen LogP contribution in [-0.2, 0) is 0 Å². The zero-order valence-corrected chi connectivity index (χ0v) is 17.5. The Balaban J connectivity index is 1.54. The van der Waals surface area contributed by atoms with Crippen LogP contribution in [0.4, 0.5) is 16.5 Å². The van der Waals surface area contributed by atoms with Gasteiger partial charge in [-0.25, -0.2) is 4.98 Å². The van der Waals surface area contributed by atoms with E-state index in [9.17, 15) is 4.79 Å². The molecule has 1 aliphatic rings. The second kappa shape index (κ2) is 7.77. The highest BCUT2D eigenvalue weighted by molar-refractivity contribution is 7.99. The highest BCUT2D eigenvalue weighted by atomic mass is 32.2. The molecule has 4 rings (SSSR count). The van der Waals surface area contributed by atoms with E-state index in [0.29, 0.717) is 10.0 Å². The number of nitrogens with one attached hydrogen (secondary N) is 1. The number of Topliss-reactive ketones (excluding diaryl/α,β-unsaturated/α-hetero) is 1. The summed E-state index contributed by atoms with van der Waals surface area (Å²) < 4.78 is 0. The van der Waals surface area contributed by atoms with Crippen molar-refractivity contribution in [2.24, 2.45) is 5.10 Å². The van der Waals surface area contributed by atoms with Gasteiger partial charge in [-0.1, -0.05) is 41.3 Å². The van der Waals surface area contributed by atoms with Crippen LogP contribution in [0.25, 0.3) is 0 Å². The lowest BCUT2D eigenvalue weighted by atomic mass is 10.1. The molecule has 0 aliphatic carbocycles. The molecule has 0 saturated carbocycles. The van der Waals surface area contributed by atoms with Crippen LogP contribution in [-0.4, -0.2) is 23.5 Å². The van der Waals surface area contributed by atoms with Crippen molar-refractivity contribution in [3.63, 3.8) is 0 Å². The van der Waals surface area contributed by atoms with Gasteiger partial charge in [0.2, 0.25) is 5.13 Å². The molecular formula is C21H20N4OS2. The third-order valence-corrected chi connectivity index (χ3v) is 6.73. The number of aromatic nitrogens is 1. The van der Waals surface area contributed by atoms with Crippen molar-refractivity contribution >= 4 is 51.6 Å². The molecular weight excluding hydrogens is 388 g/mol. The second-order valence-corrected chi connectivity index (χ2v) is 8.48. The van der Waals surface area contributed by atoms with Crippen molar-refractivity contribution in [1.82, 2.24) is 4.98 Å². The summed E-state index contributed by atoms with van der Waals surface area (Å²) in [7, 11) is 0. The normalized spacial score (nSPS) is 12.8. The minimum absolute atomic E-state index is 0.0273. The molecule has 1 N–H and O–H groups in total. The predicted molar refractivity (Wildman–Crippen MR) is 118 cm³/mol. The molecule has 0 spiro atoms. The first-order valence-electron chi connectivity index (χ1n) is 9.02. The Morgan fingerprint density at radius 2 is 2.00 bits per heavy atom. The molecule has 1 aromatic heterocycles. The zero-order chi connectivity index (χ0) is 19.7. The van der Waals surface area contributed by atoms with Gasteiger partial charge in [-0.05, 0) is 43.7 Å². The Morgan fingerprint density at radius 3 is 2.75 bits per heavy atom. The number of anilines is 3. The Bertz CT molecular complexity index is 1070. The fourth-order valence-corrected chi connectivity index (χ4v) is 5.16. The Hall–Kier alpha value is -2.64. The fourth-order valence-electron chi connectivity index (χ4n) is 3.20. The van der Waals surface area contributed by atoms with Crippen LogP contribution in [0, 0.1) is 6.92 Å². The quantitative estimate of drug-likeness (QED) is 0.332. The van der Waals surface area contributed by atoms with Crippen LogP contribution in [0.3, 0.4) is 0 Å². The van der Waals surface area contributed by atoms with E-state index < -0.39 is 0 Å². The van der Waals surface area contributed by atoms with Gasteiger partial charge in [0.1, 0.15) is 0 Å². The molecule has 7 heteroatoms. The number of carbonyl (C=O) groups is 1. The summed E-state index contributed by atoms with van der Waals surface area (Å²) >= 11 is 3.11. The van der Waals surface area contributed by atoms with Crippen LogP contribution in [0.2, 0.25) is 0 Å². The summed E-state index contributed by atoms with van der Waals surface area (Å²) in [6, 6.07) is 14.8. The van der Waals surface area contributed by atoms with E-state index in [-0.39, 0.29) is 5.78 Å². The molecule has 2 aromatic carbocycles. The minimum Gasteiger partial charge on any atom is -0.340 e. The number of ketones is 1. The average Bonchev–Trinajstić information content (AvgIpc) is 3.06. The smallest absolute Gasteiger partial charge is 0.204 e. The monoisotopic (exact) mass is 408 g/mol. The number of carbonyl (C=O) groups excluding carboxylic acids is 1. The topological polar surface area (TPSA) is 57.6 Å². The predicted octanol–water partition coefficient (Wildman–Crippen LogP) is 5.72. The van der Waals surface area contributed by atoms with Gasteiger partial charge in [-0.3, -0.25) is 10.2 Å². The Morgan fingerprint density at radius 1 is 1.21 bits per heavy atom. The second-order valence-electron chi connectivity index (χ2n) is 6.40. The molecule has 5 nitrogen and oxygen atoms in total. The fraction of sp³-hybridized carbons (Fsp3) is 0.190. The average molecular weight is 409 g/mol. The first kappa shape index (κ1) is 18.7. The van der Waals surface area contributed by atoms with Crippen LogP contribution in [0.15, 0.2) is 57.4 Å². The number of hydrogen-bond acceptors (Lipinski definition) is 7. The summed E-state index contributed by atoms with van der Waals surface area (Å²) in [5, 5.41) is 4.92. The van der Waals surface area contributed by atoms with Crippen LogP contribution in [0.5, 0.6) is 0 Å². The van der Waals surface area contributed by atoms with E-state index in [0.717, 1.165) is 17.8 Å². The van der Waals surface area contributed by atoms with Crippen molar-refractivity contribution < 1.29 is 4.79 Å². The maximum atomic E-state index is 11.5. The van der Waals surface area contributed by atoms with E-state index in [1.54, 1.807) is 24.9 Å². The molecule has 0 radical (unpaired) electrons. The van der Waals surface area contributed by atoms with Crippen molar-refractivity contribution in [2.45, 2.75) is 30.6 Å². The number of nitrogens with zero attached hydrogens (tertiary/aromatic N) is 3. The van der Waals surface area contributed by atoms with Gasteiger partial charge in [0, 0.05) is 23.3 Å². The molecule has 0 atom stereocenters. The van der Waals surface area contributed by atoms with Gasteiger partial charge in [0.15, 0.2) is 5.78 Å². The molecule has 0 bridgehead atoms. The first-order valence-corrected chi connectivity index (χ1v) is 10.7. The number of hydrogen-bond donors (Lipinski definition) is 1. The summed E-state index contributed by atoms with van der Waals surface area (Å²) in [6.07, 6.45) is 1.78. The lowest BCUT2D eigenvalue weighted by Gasteiger charge is -2.31. The van der Waals surface area contributed by atoms with Crippen LogP contribution in [0.1, 0.15) is 34.8 Å². The number of fused-ring (bicyclic) bond motifs is 2. The summed E-state index contributed by atoms with van der Waals surface area (Å²) in [6.45, 7) is 6.47. The number of hydrazone groups is 1. The van der Waals surface area contributed by atoms with Crippen molar-refractivity contribution in [2.75, 3.05) is 16.9 Å². The van der Waals surface area contributed by atoms with Gasteiger partial charge in [0.05, 0.1) is 28.2 Å². The maximum absolute atomic E-state index is 11.5. The highest BCUT2D eigenvalue weighted by Crippen LogP contribution is 2.47. The van der Waals surface area contributed by atoms with Crippen LogP contribution < -0.4 is 10.3 Å². The van der Waals surface area contributed by atoms with Gasteiger partial charge in [-0.2, -0.15) is 5.10 Å². The van der Waals surface area contributed by atoms with Gasteiger partial charge >= 0.3 is 0 Å². The van der Waals surface area contributed by atoms with Crippen molar-refractivity contribution in [3.05, 3.63) is 58.6 Å². The number of benzene rings is 2. The minimum atomic E-state index is 0.0273. The molecule has 3 aromatic rings. The van der Waals surface area contributed by atoms with E-state index >= 15 is 0 Å². The standard InChI is InChI=1S/C21H20N4OS2/c1-4-25-16-7-5-6-8-18(16)27-19-11-15(9-10-17(19)25)12-22-24-21-23-13(2)20(28-21)14(3)26/h5-12H,4H2,1-3H3,(H,23,24)/b22-12+. The summed E-state index contributed by atoms with van der Waals surface area (Å²) in [5.41, 5.74) is 7.15. The van der Waals surface area contributed by atoms with Crippen molar-refractivity contribution in [3.8, 4) is 0 Å². The lowest BCUT2D eigenvalue weighted by Crippen LogP contribution is -2.19. The summed E-state index contributed by atoms with van der Waals surface area (Å²) in [4.78, 5) is 21.4. The van der Waals surface area contributed by atoms with E-state index in [1.165, 1.54) is 32.5 Å². The zero-order valence-electron chi connectivity index (χ0n) is 15.9. The third-order valence-electron chi connectivity index (χ3n) is 4.46. The molecule has 2 heterocycles. The first-order chi connectivity index (χ1) is 13.6. The van der Waals surface area contributed by atoms with E-state index in [1.807, 2.05) is 6.92 Å². The Labute approximate surface area is 172 Å². The molecule has 0 fully saturated rings. The molecule has 142 valence electrons. The highest BCUT2D eigenvalue weighted by Gasteiger charge is 2.21.